The van der Waals surface area contributed by atoms with Gasteiger partial charge in [-0.25, -0.2) is 0 Å². The Labute approximate surface area is 91.1 Å². The van der Waals surface area contributed by atoms with Gasteiger partial charge in [0.15, 0.2) is 6.29 Å². The van der Waals surface area contributed by atoms with E-state index in [2.05, 4.69) is 10.8 Å². The van der Waals surface area contributed by atoms with Crippen molar-refractivity contribution in [3.05, 3.63) is 0 Å². The number of carbonyl (C=O) groups is 1. The summed E-state index contributed by atoms with van der Waals surface area (Å²) in [6.45, 7) is 0.833. The van der Waals surface area contributed by atoms with E-state index >= 15 is 0 Å². The number of hydrogen-bond donors (Lipinski definition) is 5. The van der Waals surface area contributed by atoms with Crippen LogP contribution in [-0.4, -0.2) is 58.1 Å². The first-order chi connectivity index (χ1) is 7.51. The fraction of sp³-hybridized carbons (Fsp3) is 0.875. The monoisotopic (exact) mass is 234 g/mol. The molecule has 2 fully saturated rings. The van der Waals surface area contributed by atoms with Crippen molar-refractivity contribution in [3.8, 4) is 0 Å². The fourth-order valence-electron chi connectivity index (χ4n) is 1.84. The zero-order valence-corrected chi connectivity index (χ0v) is 8.58. The predicted octanol–water partition coefficient (Wildman–Crippen LogP) is -3.21. The van der Waals surface area contributed by atoms with E-state index in [1.54, 1.807) is 0 Å². The Hall–Kier alpha value is -0.770. The molecule has 8 heteroatoms. The van der Waals surface area contributed by atoms with E-state index in [1.807, 2.05) is 0 Å². The van der Waals surface area contributed by atoms with Gasteiger partial charge >= 0.3 is 0 Å². The lowest BCUT2D eigenvalue weighted by Crippen LogP contribution is -2.66. The molecule has 1 spiro atoms. The number of hydrogen-bond acceptors (Lipinski definition) is 7. The lowest BCUT2D eigenvalue weighted by atomic mass is 9.93. The summed E-state index contributed by atoms with van der Waals surface area (Å²) in [6.07, 6.45) is -3.49. The summed E-state index contributed by atoms with van der Waals surface area (Å²) in [5.74, 6) is -0.412. The normalized spacial score (nSPS) is 46.8. The highest BCUT2D eigenvalue weighted by molar-refractivity contribution is 5.73. The summed E-state index contributed by atoms with van der Waals surface area (Å²) >= 11 is 0. The Morgan fingerprint density at radius 3 is 2.62 bits per heavy atom. The quantitative estimate of drug-likeness (QED) is 0.317. The van der Waals surface area contributed by atoms with Gasteiger partial charge in [0.05, 0.1) is 6.61 Å². The number of amides is 1. The third-order valence-corrected chi connectivity index (χ3v) is 2.74. The molecule has 0 radical (unpaired) electrons. The largest absolute Gasteiger partial charge is 0.393 e. The summed E-state index contributed by atoms with van der Waals surface area (Å²) < 4.78 is 5.04. The van der Waals surface area contributed by atoms with E-state index in [9.17, 15) is 15.0 Å². The Balaban J connectivity index is 2.14. The molecular formula is C8H14N2O6. The SMILES string of the molecule is CC(=O)N[C@H]1[C@H](O)O[C@H](CO)[C@@]2(NO2)[C@@H]1O. The zero-order valence-electron chi connectivity index (χ0n) is 8.58. The molecule has 92 valence electrons. The van der Waals surface area contributed by atoms with Crippen molar-refractivity contribution in [2.45, 2.75) is 37.2 Å². The molecule has 0 aromatic heterocycles. The molecule has 0 unspecified atom stereocenters. The fourth-order valence-corrected chi connectivity index (χ4v) is 1.84. The van der Waals surface area contributed by atoms with Crippen LogP contribution in [0.3, 0.4) is 0 Å². The third kappa shape index (κ3) is 1.69. The van der Waals surface area contributed by atoms with Crippen LogP contribution in [-0.2, 0) is 14.4 Å². The number of hydroxylamine groups is 1. The molecule has 16 heavy (non-hydrogen) atoms. The van der Waals surface area contributed by atoms with E-state index in [0.29, 0.717) is 0 Å². The first-order valence-corrected chi connectivity index (χ1v) is 4.86. The molecule has 0 aromatic rings. The summed E-state index contributed by atoms with van der Waals surface area (Å²) in [5.41, 5.74) is 1.18. The molecule has 0 bridgehead atoms. The Morgan fingerprint density at radius 2 is 2.19 bits per heavy atom. The van der Waals surface area contributed by atoms with Crippen molar-refractivity contribution in [2.75, 3.05) is 6.61 Å². The lowest BCUT2D eigenvalue weighted by molar-refractivity contribution is -0.243. The van der Waals surface area contributed by atoms with Gasteiger partial charge in [-0.05, 0) is 0 Å². The van der Waals surface area contributed by atoms with E-state index in [1.165, 1.54) is 6.92 Å². The van der Waals surface area contributed by atoms with Crippen molar-refractivity contribution in [2.24, 2.45) is 0 Å². The number of nitrogens with one attached hydrogen (secondary N) is 2. The van der Waals surface area contributed by atoms with Crippen molar-refractivity contribution in [1.82, 2.24) is 10.8 Å². The van der Waals surface area contributed by atoms with Gasteiger partial charge in [0.25, 0.3) is 0 Å². The molecule has 2 rings (SSSR count). The van der Waals surface area contributed by atoms with Gasteiger partial charge in [0, 0.05) is 6.92 Å². The van der Waals surface area contributed by atoms with Crippen LogP contribution in [0.4, 0.5) is 0 Å². The maximum absolute atomic E-state index is 10.9. The molecule has 2 aliphatic heterocycles. The highest BCUT2D eigenvalue weighted by Gasteiger charge is 2.65. The number of ether oxygens (including phenoxy) is 1. The molecule has 2 aliphatic rings. The summed E-state index contributed by atoms with van der Waals surface area (Å²) in [7, 11) is 0. The molecule has 1 amide bonds. The molecule has 2 heterocycles. The van der Waals surface area contributed by atoms with Crippen molar-refractivity contribution < 1.29 is 29.7 Å². The Bertz CT molecular complexity index is 294. The average molecular weight is 234 g/mol. The van der Waals surface area contributed by atoms with Gasteiger partial charge in [-0.2, -0.15) is 5.48 Å². The predicted molar refractivity (Wildman–Crippen MR) is 48.5 cm³/mol. The lowest BCUT2D eigenvalue weighted by Gasteiger charge is -2.39. The molecule has 2 saturated heterocycles. The van der Waals surface area contributed by atoms with Crippen molar-refractivity contribution in [1.29, 1.82) is 0 Å². The van der Waals surface area contributed by atoms with Crippen LogP contribution in [0.15, 0.2) is 0 Å². The smallest absolute Gasteiger partial charge is 0.218 e. The second-order valence-corrected chi connectivity index (χ2v) is 3.87. The van der Waals surface area contributed by atoms with Gasteiger partial charge in [-0.15, -0.1) is 0 Å². The maximum Gasteiger partial charge on any atom is 0.218 e. The zero-order chi connectivity index (χ0) is 11.9. The molecule has 8 nitrogen and oxygen atoms in total. The van der Waals surface area contributed by atoms with Crippen LogP contribution in [0.25, 0.3) is 0 Å². The molecule has 0 aliphatic carbocycles. The van der Waals surface area contributed by atoms with E-state index in [-0.39, 0.29) is 0 Å². The summed E-state index contributed by atoms with van der Waals surface area (Å²) in [4.78, 5) is 15.8. The van der Waals surface area contributed by atoms with Gasteiger partial charge in [-0.3, -0.25) is 9.63 Å². The van der Waals surface area contributed by atoms with Crippen LogP contribution in [0.2, 0.25) is 0 Å². The Morgan fingerprint density at radius 1 is 1.56 bits per heavy atom. The highest BCUT2D eigenvalue weighted by Crippen LogP contribution is 2.37. The third-order valence-electron chi connectivity index (χ3n) is 2.74. The molecule has 5 N–H and O–H groups in total. The summed E-state index contributed by atoms with van der Waals surface area (Å²) in [5, 5.41) is 30.9. The molecular weight excluding hydrogens is 220 g/mol. The summed E-state index contributed by atoms with van der Waals surface area (Å²) in [6, 6.07) is -1.00. The van der Waals surface area contributed by atoms with E-state index in [0.717, 1.165) is 0 Å². The van der Waals surface area contributed by atoms with Crippen molar-refractivity contribution >= 4 is 5.91 Å². The minimum absolute atomic E-state index is 0.412. The number of rotatable bonds is 2. The molecule has 0 aromatic carbocycles. The molecule has 0 saturated carbocycles. The second kappa shape index (κ2) is 3.91. The Kier molecular flexibility index (Phi) is 2.86. The van der Waals surface area contributed by atoms with Gasteiger partial charge in [-0.1, -0.05) is 0 Å². The number of aliphatic hydroxyl groups excluding tert-OH is 3. The standard InChI is InChI=1S/C8H14N2O6/c1-3(12)9-5-6(13)8(10-16-8)4(2-11)15-7(5)14/h4-7,10-11,13-14H,2H2,1H3,(H,9,12)/t4-,5-,6-,7-,8+/m1/s1. The average Bonchev–Trinajstić information content (AvgIpc) is 3.00. The maximum atomic E-state index is 10.9. The molecule has 5 atom stereocenters. The topological polar surface area (TPSA) is 133 Å². The number of aliphatic hydroxyl groups is 3. The van der Waals surface area contributed by atoms with Crippen LogP contribution in [0.1, 0.15) is 6.92 Å². The highest BCUT2D eigenvalue weighted by atomic mass is 16.8. The van der Waals surface area contributed by atoms with Crippen LogP contribution in [0.5, 0.6) is 0 Å². The van der Waals surface area contributed by atoms with E-state index < -0.39 is 42.8 Å². The number of carbonyl (C=O) groups excluding carboxylic acids is 1. The van der Waals surface area contributed by atoms with E-state index in [4.69, 9.17) is 14.7 Å². The van der Waals surface area contributed by atoms with Gasteiger partial charge in [0.2, 0.25) is 11.6 Å². The van der Waals surface area contributed by atoms with Crippen LogP contribution in [0, 0.1) is 0 Å². The van der Waals surface area contributed by atoms with Gasteiger partial charge < -0.3 is 25.4 Å². The first kappa shape index (κ1) is 11.7. The first-order valence-electron chi connectivity index (χ1n) is 4.86. The second-order valence-electron chi connectivity index (χ2n) is 3.87. The van der Waals surface area contributed by atoms with Crippen LogP contribution >= 0.6 is 0 Å². The minimum atomic E-state index is -1.40. The van der Waals surface area contributed by atoms with Gasteiger partial charge in [0.1, 0.15) is 18.2 Å². The minimum Gasteiger partial charge on any atom is -0.393 e. The van der Waals surface area contributed by atoms with Crippen LogP contribution < -0.4 is 10.8 Å². The van der Waals surface area contributed by atoms with Crippen molar-refractivity contribution in [3.63, 3.8) is 0 Å².